The first kappa shape index (κ1) is 13.1. The van der Waals surface area contributed by atoms with E-state index >= 15 is 0 Å². The Bertz CT molecular complexity index is 396. The van der Waals surface area contributed by atoms with Gasteiger partial charge in [0, 0.05) is 17.1 Å². The molecule has 0 aliphatic heterocycles. The quantitative estimate of drug-likeness (QED) is 0.838. The molecule has 0 heterocycles. The molecule has 0 N–H and O–H groups in total. The summed E-state index contributed by atoms with van der Waals surface area (Å²) in [5, 5.41) is 0. The third-order valence-corrected chi connectivity index (χ3v) is 3.05. The topological polar surface area (TPSA) is 20.3 Å². The summed E-state index contributed by atoms with van der Waals surface area (Å²) >= 11 is 3.31. The number of carbonyl (C=O) groups excluding carboxylic acids is 1. The molecule has 0 radical (unpaired) electrons. The van der Waals surface area contributed by atoms with E-state index in [9.17, 15) is 13.6 Å². The van der Waals surface area contributed by atoms with Crippen LogP contribution in [0.2, 0.25) is 0 Å². The fourth-order valence-corrected chi connectivity index (χ4v) is 1.53. The smallest absolute Gasteiger partial charge is 0.255 e. The van der Waals surface area contributed by atoms with Crippen molar-refractivity contribution in [2.24, 2.45) is 0 Å². The van der Waals surface area contributed by atoms with Crippen molar-refractivity contribution in [2.45, 2.75) is 13.3 Å². The van der Waals surface area contributed by atoms with E-state index in [0.717, 1.165) is 14.9 Å². The number of alkyl halides is 2. The van der Waals surface area contributed by atoms with Gasteiger partial charge in [-0.05, 0) is 30.7 Å². The second-order valence-corrected chi connectivity index (χ2v) is 4.40. The highest BCUT2D eigenvalue weighted by Gasteiger charge is 2.16. The molecular weight excluding hydrogens is 280 g/mol. The zero-order chi connectivity index (χ0) is 12.3. The van der Waals surface area contributed by atoms with Gasteiger partial charge in [-0.25, -0.2) is 8.78 Å². The molecule has 1 aromatic carbocycles. The van der Waals surface area contributed by atoms with Crippen molar-refractivity contribution in [3.05, 3.63) is 33.8 Å². The maximum absolute atomic E-state index is 12.1. The molecule has 0 fully saturated rings. The Morgan fingerprint density at radius 2 is 2.12 bits per heavy atom. The van der Waals surface area contributed by atoms with Crippen molar-refractivity contribution < 1.29 is 13.6 Å². The van der Waals surface area contributed by atoms with Crippen molar-refractivity contribution in [1.82, 2.24) is 4.90 Å². The van der Waals surface area contributed by atoms with Crippen LogP contribution in [0.3, 0.4) is 0 Å². The molecule has 5 heteroatoms. The van der Waals surface area contributed by atoms with E-state index in [-0.39, 0.29) is 0 Å². The van der Waals surface area contributed by atoms with E-state index in [1.807, 2.05) is 6.92 Å². The summed E-state index contributed by atoms with van der Waals surface area (Å²) in [6.45, 7) is 1.29. The fraction of sp³-hybridized carbons (Fsp3) is 0.364. The Morgan fingerprint density at radius 3 is 2.62 bits per heavy atom. The predicted octanol–water partition coefficient (Wildman–Crippen LogP) is 3.09. The molecule has 1 aromatic rings. The zero-order valence-electron chi connectivity index (χ0n) is 9.01. The van der Waals surface area contributed by atoms with Crippen LogP contribution in [0.4, 0.5) is 8.78 Å². The Kier molecular flexibility index (Phi) is 4.41. The largest absolute Gasteiger partial charge is 0.336 e. The van der Waals surface area contributed by atoms with Gasteiger partial charge in [0.25, 0.3) is 12.3 Å². The molecule has 0 aromatic heterocycles. The van der Waals surface area contributed by atoms with Crippen molar-refractivity contribution in [1.29, 1.82) is 0 Å². The average Bonchev–Trinajstić information content (AvgIpc) is 2.20. The fourth-order valence-electron chi connectivity index (χ4n) is 1.29. The second kappa shape index (κ2) is 5.39. The lowest BCUT2D eigenvalue weighted by Crippen LogP contribution is -2.31. The molecule has 1 rings (SSSR count). The minimum absolute atomic E-state index is 0.393. The maximum Gasteiger partial charge on any atom is 0.255 e. The molecule has 16 heavy (non-hydrogen) atoms. The summed E-state index contributed by atoms with van der Waals surface area (Å²) in [4.78, 5) is 12.7. The van der Waals surface area contributed by atoms with E-state index in [2.05, 4.69) is 15.9 Å². The summed E-state index contributed by atoms with van der Waals surface area (Å²) in [6.07, 6.45) is -2.51. The van der Waals surface area contributed by atoms with Crippen molar-refractivity contribution in [3.8, 4) is 0 Å². The number of hydrogen-bond donors (Lipinski definition) is 0. The first-order valence-corrected chi connectivity index (χ1v) is 5.51. The van der Waals surface area contributed by atoms with Gasteiger partial charge in [0.15, 0.2) is 0 Å². The first-order valence-electron chi connectivity index (χ1n) is 4.71. The highest BCUT2D eigenvalue weighted by molar-refractivity contribution is 9.10. The van der Waals surface area contributed by atoms with Crippen LogP contribution in [0.5, 0.6) is 0 Å². The van der Waals surface area contributed by atoms with Crippen molar-refractivity contribution in [2.75, 3.05) is 13.6 Å². The van der Waals surface area contributed by atoms with Gasteiger partial charge in [-0.2, -0.15) is 0 Å². The van der Waals surface area contributed by atoms with Crippen LogP contribution in [0.1, 0.15) is 15.9 Å². The summed E-state index contributed by atoms with van der Waals surface area (Å²) < 4.78 is 25.1. The number of halogens is 3. The molecule has 0 aliphatic carbocycles. The van der Waals surface area contributed by atoms with E-state index < -0.39 is 18.9 Å². The highest BCUT2D eigenvalue weighted by atomic mass is 79.9. The Balaban J connectivity index is 2.84. The van der Waals surface area contributed by atoms with Gasteiger partial charge < -0.3 is 4.90 Å². The number of carbonyl (C=O) groups is 1. The predicted molar refractivity (Wildman–Crippen MR) is 61.8 cm³/mol. The van der Waals surface area contributed by atoms with Crippen LogP contribution >= 0.6 is 15.9 Å². The average molecular weight is 292 g/mol. The van der Waals surface area contributed by atoms with Gasteiger partial charge in [-0.1, -0.05) is 15.9 Å². The lowest BCUT2D eigenvalue weighted by Gasteiger charge is -2.16. The third-order valence-electron chi connectivity index (χ3n) is 2.16. The highest BCUT2D eigenvalue weighted by Crippen LogP contribution is 2.18. The number of nitrogens with zero attached hydrogens (tertiary/aromatic N) is 1. The van der Waals surface area contributed by atoms with Crippen LogP contribution in [0, 0.1) is 6.92 Å². The number of amides is 1. The van der Waals surface area contributed by atoms with E-state index in [4.69, 9.17) is 0 Å². The molecule has 0 saturated heterocycles. The third kappa shape index (κ3) is 3.27. The Labute approximate surface area is 101 Å². The summed E-state index contributed by atoms with van der Waals surface area (Å²) in [6, 6.07) is 5.02. The number of benzene rings is 1. The number of rotatable bonds is 3. The molecule has 0 unspecified atom stereocenters. The maximum atomic E-state index is 12.1. The summed E-state index contributed by atoms with van der Waals surface area (Å²) in [5.41, 5.74) is 1.32. The van der Waals surface area contributed by atoms with Gasteiger partial charge in [0.05, 0.1) is 6.54 Å². The van der Waals surface area contributed by atoms with Gasteiger partial charge in [0.1, 0.15) is 0 Å². The van der Waals surface area contributed by atoms with E-state index in [0.29, 0.717) is 5.56 Å². The molecule has 2 nitrogen and oxygen atoms in total. The van der Waals surface area contributed by atoms with Crippen molar-refractivity contribution >= 4 is 21.8 Å². The van der Waals surface area contributed by atoms with Crippen LogP contribution in [0.25, 0.3) is 0 Å². The number of aryl methyl sites for hydroxylation is 1. The van der Waals surface area contributed by atoms with Crippen LogP contribution in [-0.4, -0.2) is 30.8 Å². The lowest BCUT2D eigenvalue weighted by atomic mass is 10.1. The first-order chi connectivity index (χ1) is 7.41. The van der Waals surface area contributed by atoms with Gasteiger partial charge >= 0.3 is 0 Å². The number of hydrogen-bond acceptors (Lipinski definition) is 1. The van der Waals surface area contributed by atoms with Crippen LogP contribution in [-0.2, 0) is 0 Å². The molecule has 1 amide bonds. The molecule has 0 aliphatic rings. The molecule has 0 atom stereocenters. The normalized spacial score (nSPS) is 10.6. The molecule has 88 valence electrons. The molecular formula is C11H12BrF2NO. The minimum Gasteiger partial charge on any atom is -0.336 e. The summed E-state index contributed by atoms with van der Waals surface area (Å²) in [5.74, 6) is -0.393. The van der Waals surface area contributed by atoms with Crippen LogP contribution < -0.4 is 0 Å². The zero-order valence-corrected chi connectivity index (χ0v) is 10.6. The van der Waals surface area contributed by atoms with Crippen LogP contribution in [0.15, 0.2) is 22.7 Å². The van der Waals surface area contributed by atoms with Crippen molar-refractivity contribution in [3.63, 3.8) is 0 Å². The van der Waals surface area contributed by atoms with Gasteiger partial charge in [0.2, 0.25) is 0 Å². The monoisotopic (exact) mass is 291 g/mol. The van der Waals surface area contributed by atoms with Gasteiger partial charge in [-0.3, -0.25) is 4.79 Å². The molecule has 0 bridgehead atoms. The minimum atomic E-state index is -2.51. The standard InChI is InChI=1S/C11H12BrF2NO/c1-7-5-8(3-4-9(7)12)11(16)15(2)6-10(13)14/h3-5,10H,6H2,1-2H3. The van der Waals surface area contributed by atoms with Gasteiger partial charge in [-0.15, -0.1) is 0 Å². The molecule has 0 spiro atoms. The summed E-state index contributed by atoms with van der Waals surface area (Å²) in [7, 11) is 1.37. The second-order valence-electron chi connectivity index (χ2n) is 3.54. The van der Waals surface area contributed by atoms with E-state index in [1.54, 1.807) is 18.2 Å². The lowest BCUT2D eigenvalue weighted by molar-refractivity contribution is 0.0620. The Morgan fingerprint density at radius 1 is 1.50 bits per heavy atom. The molecule has 0 saturated carbocycles. The SMILES string of the molecule is Cc1cc(C(=O)N(C)CC(F)F)ccc1Br. The van der Waals surface area contributed by atoms with E-state index in [1.165, 1.54) is 7.05 Å². The Hall–Kier alpha value is -0.970.